The molecule has 20 heavy (non-hydrogen) atoms. The zero-order chi connectivity index (χ0) is 13.8. The predicted octanol–water partition coefficient (Wildman–Crippen LogP) is 3.72. The number of fused-ring (bicyclic) bond motifs is 1. The third-order valence-electron chi connectivity index (χ3n) is 3.72. The van der Waals surface area contributed by atoms with Gasteiger partial charge in [-0.3, -0.25) is 0 Å². The Bertz CT molecular complexity index is 604. The molecule has 1 atom stereocenters. The van der Waals surface area contributed by atoms with E-state index in [1.54, 1.807) is 0 Å². The summed E-state index contributed by atoms with van der Waals surface area (Å²) in [6.45, 7) is 0.584. The van der Waals surface area contributed by atoms with Crippen LogP contribution in [0.3, 0.4) is 0 Å². The van der Waals surface area contributed by atoms with Crippen molar-refractivity contribution in [1.82, 2.24) is 0 Å². The molecule has 1 aliphatic rings. The van der Waals surface area contributed by atoms with Crippen molar-refractivity contribution < 1.29 is 4.74 Å². The van der Waals surface area contributed by atoms with E-state index in [0.29, 0.717) is 6.61 Å². The fourth-order valence-corrected chi connectivity index (χ4v) is 2.67. The first-order valence-corrected chi connectivity index (χ1v) is 7.06. The van der Waals surface area contributed by atoms with Crippen LogP contribution in [-0.2, 0) is 6.42 Å². The van der Waals surface area contributed by atoms with Crippen LogP contribution in [0.2, 0.25) is 0 Å². The molecule has 2 aromatic carbocycles. The normalized spacial score (nSPS) is 17.4. The lowest BCUT2D eigenvalue weighted by atomic mass is 10.1. The first kappa shape index (κ1) is 12.9. The first-order valence-electron chi connectivity index (χ1n) is 7.06. The van der Waals surface area contributed by atoms with Gasteiger partial charge in [0, 0.05) is 6.04 Å². The van der Waals surface area contributed by atoms with Gasteiger partial charge in [0.1, 0.15) is 12.4 Å². The van der Waals surface area contributed by atoms with Gasteiger partial charge in [-0.2, -0.15) is 0 Å². The summed E-state index contributed by atoms with van der Waals surface area (Å²) in [6.07, 6.45) is 6.17. The molecule has 0 aromatic heterocycles. The van der Waals surface area contributed by atoms with Crippen molar-refractivity contribution in [1.29, 1.82) is 0 Å². The van der Waals surface area contributed by atoms with Crippen molar-refractivity contribution in [3.63, 3.8) is 0 Å². The topological polar surface area (TPSA) is 35.2 Å². The second kappa shape index (κ2) is 5.93. The summed E-state index contributed by atoms with van der Waals surface area (Å²) < 4.78 is 5.88. The second-order valence-electron chi connectivity index (χ2n) is 5.09. The van der Waals surface area contributed by atoms with E-state index in [2.05, 4.69) is 24.3 Å². The number of nitrogens with two attached hydrogens (primary N) is 1. The quantitative estimate of drug-likeness (QED) is 0.914. The molecule has 2 aromatic rings. The van der Waals surface area contributed by atoms with Crippen LogP contribution in [0, 0.1) is 0 Å². The van der Waals surface area contributed by atoms with Gasteiger partial charge < -0.3 is 10.5 Å². The van der Waals surface area contributed by atoms with Crippen molar-refractivity contribution in [3.05, 3.63) is 71.3 Å². The van der Waals surface area contributed by atoms with Gasteiger partial charge in [0.2, 0.25) is 0 Å². The Kier molecular flexibility index (Phi) is 3.84. The molecule has 0 bridgehead atoms. The molecule has 2 N–H and O–H groups in total. The van der Waals surface area contributed by atoms with E-state index in [9.17, 15) is 0 Å². The maximum absolute atomic E-state index is 6.08. The zero-order valence-corrected chi connectivity index (χ0v) is 11.5. The Balaban J connectivity index is 1.64. The Hall–Kier alpha value is -2.06. The lowest BCUT2D eigenvalue weighted by molar-refractivity contribution is 0.360. The highest BCUT2D eigenvalue weighted by Gasteiger charge is 2.21. The largest absolute Gasteiger partial charge is 0.489 e. The van der Waals surface area contributed by atoms with Gasteiger partial charge >= 0.3 is 0 Å². The highest BCUT2D eigenvalue weighted by molar-refractivity contribution is 5.49. The molecule has 102 valence electrons. The van der Waals surface area contributed by atoms with Crippen molar-refractivity contribution in [2.45, 2.75) is 18.9 Å². The molecule has 1 unspecified atom stereocenters. The van der Waals surface area contributed by atoms with E-state index in [0.717, 1.165) is 18.6 Å². The summed E-state index contributed by atoms with van der Waals surface area (Å²) in [4.78, 5) is 0. The van der Waals surface area contributed by atoms with Crippen LogP contribution in [-0.4, -0.2) is 6.61 Å². The Morgan fingerprint density at radius 1 is 1.10 bits per heavy atom. The molecule has 1 aliphatic carbocycles. The number of hydrogen-bond acceptors (Lipinski definition) is 2. The summed E-state index contributed by atoms with van der Waals surface area (Å²) in [5.74, 6) is 0.980. The van der Waals surface area contributed by atoms with E-state index in [-0.39, 0.29) is 6.04 Å². The van der Waals surface area contributed by atoms with Crippen molar-refractivity contribution in [2.75, 3.05) is 6.61 Å². The van der Waals surface area contributed by atoms with E-state index < -0.39 is 0 Å². The fraction of sp³-hybridized carbons (Fsp3) is 0.222. The first-order chi connectivity index (χ1) is 9.84. The van der Waals surface area contributed by atoms with E-state index in [4.69, 9.17) is 10.5 Å². The van der Waals surface area contributed by atoms with Crippen LogP contribution in [0.5, 0.6) is 5.75 Å². The summed E-state index contributed by atoms with van der Waals surface area (Å²) >= 11 is 0. The molecule has 0 spiro atoms. The Labute approximate surface area is 119 Å². The maximum Gasteiger partial charge on any atom is 0.123 e. The molecule has 0 amide bonds. The highest BCUT2D eigenvalue weighted by atomic mass is 16.5. The van der Waals surface area contributed by atoms with E-state index in [1.165, 1.54) is 16.7 Å². The standard InChI is InChI=1S/C18H19NO/c19-17-12-11-16-15(17)9-4-10-18(16)20-13-5-8-14-6-2-1-3-7-14/h1-10,17H,11-13,19H2. The SMILES string of the molecule is NC1CCc2c(OCC=Cc3ccccc3)cccc21. The molecule has 3 rings (SSSR count). The number of rotatable bonds is 4. The Morgan fingerprint density at radius 2 is 1.95 bits per heavy atom. The molecular formula is C18H19NO. The van der Waals surface area contributed by atoms with Gasteiger partial charge in [0.25, 0.3) is 0 Å². The van der Waals surface area contributed by atoms with Crippen LogP contribution < -0.4 is 10.5 Å². The van der Waals surface area contributed by atoms with Crippen LogP contribution in [0.15, 0.2) is 54.6 Å². The van der Waals surface area contributed by atoms with Gasteiger partial charge in [0.15, 0.2) is 0 Å². The summed E-state index contributed by atoms with van der Waals surface area (Å²) in [7, 11) is 0. The molecule has 0 radical (unpaired) electrons. The minimum Gasteiger partial charge on any atom is -0.489 e. The summed E-state index contributed by atoms with van der Waals surface area (Å²) in [5, 5.41) is 0. The fourth-order valence-electron chi connectivity index (χ4n) is 2.67. The third kappa shape index (κ3) is 2.75. The minimum absolute atomic E-state index is 0.174. The molecule has 2 heteroatoms. The second-order valence-corrected chi connectivity index (χ2v) is 5.09. The van der Waals surface area contributed by atoms with Crippen LogP contribution in [0.25, 0.3) is 6.08 Å². The number of ether oxygens (including phenoxy) is 1. The zero-order valence-electron chi connectivity index (χ0n) is 11.5. The maximum atomic E-state index is 6.08. The minimum atomic E-state index is 0.174. The average molecular weight is 265 g/mol. The van der Waals surface area contributed by atoms with Crippen LogP contribution in [0.4, 0.5) is 0 Å². The molecule has 0 heterocycles. The lowest BCUT2D eigenvalue weighted by Gasteiger charge is -2.10. The molecule has 0 aliphatic heterocycles. The average Bonchev–Trinajstić information content (AvgIpc) is 2.87. The number of hydrogen-bond donors (Lipinski definition) is 1. The predicted molar refractivity (Wildman–Crippen MR) is 82.7 cm³/mol. The summed E-state index contributed by atoms with van der Waals surface area (Å²) in [6, 6.07) is 16.6. The highest BCUT2D eigenvalue weighted by Crippen LogP contribution is 2.35. The van der Waals surface area contributed by atoms with Crippen LogP contribution in [0.1, 0.15) is 29.2 Å². The van der Waals surface area contributed by atoms with Crippen molar-refractivity contribution in [2.24, 2.45) is 5.73 Å². The monoisotopic (exact) mass is 265 g/mol. The van der Waals surface area contributed by atoms with Crippen molar-refractivity contribution in [3.8, 4) is 5.75 Å². The van der Waals surface area contributed by atoms with Gasteiger partial charge in [0.05, 0.1) is 0 Å². The molecule has 2 nitrogen and oxygen atoms in total. The Morgan fingerprint density at radius 3 is 2.80 bits per heavy atom. The van der Waals surface area contributed by atoms with E-state index >= 15 is 0 Å². The van der Waals surface area contributed by atoms with Crippen molar-refractivity contribution >= 4 is 6.08 Å². The van der Waals surface area contributed by atoms with Gasteiger partial charge in [-0.1, -0.05) is 48.5 Å². The van der Waals surface area contributed by atoms with Gasteiger partial charge in [-0.25, -0.2) is 0 Å². The lowest BCUT2D eigenvalue weighted by Crippen LogP contribution is -2.05. The van der Waals surface area contributed by atoms with Crippen LogP contribution >= 0.6 is 0 Å². The molecular weight excluding hydrogens is 246 g/mol. The smallest absolute Gasteiger partial charge is 0.123 e. The summed E-state index contributed by atoms with van der Waals surface area (Å²) in [5.41, 5.74) is 9.80. The van der Waals surface area contributed by atoms with Gasteiger partial charge in [-0.15, -0.1) is 0 Å². The number of benzene rings is 2. The molecule has 0 saturated carbocycles. The van der Waals surface area contributed by atoms with Gasteiger partial charge in [-0.05, 0) is 41.7 Å². The van der Waals surface area contributed by atoms with E-state index in [1.807, 2.05) is 36.4 Å². The molecule has 0 fully saturated rings. The molecule has 0 saturated heterocycles. The third-order valence-corrected chi connectivity index (χ3v) is 3.72.